The van der Waals surface area contributed by atoms with Gasteiger partial charge >= 0.3 is 5.97 Å². The number of ketones is 1. The summed E-state index contributed by atoms with van der Waals surface area (Å²) in [5.74, 6) is -3.15. The summed E-state index contributed by atoms with van der Waals surface area (Å²) in [4.78, 5) is 35.5. The highest BCUT2D eigenvalue weighted by atomic mass is 16.5. The van der Waals surface area contributed by atoms with Gasteiger partial charge in [-0.2, -0.15) is 0 Å². The van der Waals surface area contributed by atoms with Crippen molar-refractivity contribution in [3.8, 4) is 0 Å². The summed E-state index contributed by atoms with van der Waals surface area (Å²) in [7, 11) is 1.55. The van der Waals surface area contributed by atoms with Gasteiger partial charge in [0.25, 0.3) is 5.91 Å². The largest absolute Gasteiger partial charge is 0.506 e. The number of fused-ring (bicyclic) bond motifs is 1. The Morgan fingerprint density at radius 1 is 1.29 bits per heavy atom. The molecule has 0 atom stereocenters. The number of nitrogens with one attached hydrogen (secondary N) is 1. The third-order valence-corrected chi connectivity index (χ3v) is 3.98. The highest BCUT2D eigenvalue weighted by Gasteiger charge is 2.43. The number of rotatable bonds is 5. The smallest absolute Gasteiger partial charge is 0.322 e. The van der Waals surface area contributed by atoms with Gasteiger partial charge in [0.05, 0.1) is 12.0 Å². The van der Waals surface area contributed by atoms with E-state index in [4.69, 9.17) is 9.84 Å². The van der Waals surface area contributed by atoms with Crippen LogP contribution in [0.25, 0.3) is 5.76 Å². The van der Waals surface area contributed by atoms with E-state index in [0.717, 1.165) is 5.56 Å². The number of aliphatic hydroxyl groups is 1. The van der Waals surface area contributed by atoms with Gasteiger partial charge in [-0.3, -0.25) is 14.4 Å². The first-order chi connectivity index (χ1) is 11.2. The van der Waals surface area contributed by atoms with Crippen molar-refractivity contribution in [3.63, 3.8) is 0 Å². The maximum absolute atomic E-state index is 12.7. The van der Waals surface area contributed by atoms with Crippen LogP contribution in [0.3, 0.4) is 0 Å². The number of carbonyl (C=O) groups is 3. The molecule has 1 aliphatic rings. The normalized spacial score (nSPS) is 15.9. The van der Waals surface area contributed by atoms with Gasteiger partial charge in [0.2, 0.25) is 0 Å². The van der Waals surface area contributed by atoms with Crippen molar-refractivity contribution in [3.05, 3.63) is 40.5 Å². The standard InChI is InChI=1S/C17H19NO6/c1-17(2)11-6-9(8-24-3)4-5-10(11)14(21)13(15(17)22)16(23)18-7-12(19)20/h4-6,21H,7-8H2,1-3H3,(H,18,23)(H,19,20). The van der Waals surface area contributed by atoms with Gasteiger partial charge in [0, 0.05) is 12.7 Å². The van der Waals surface area contributed by atoms with Crippen LogP contribution in [0.1, 0.15) is 30.5 Å². The van der Waals surface area contributed by atoms with Crippen molar-refractivity contribution in [1.82, 2.24) is 5.32 Å². The molecule has 0 fully saturated rings. The zero-order chi connectivity index (χ0) is 18.1. The van der Waals surface area contributed by atoms with Crippen LogP contribution in [-0.2, 0) is 31.1 Å². The Labute approximate surface area is 138 Å². The van der Waals surface area contributed by atoms with E-state index in [1.807, 2.05) is 0 Å². The number of Topliss-reactive ketones (excluding diaryl/α,β-unsaturated/α-hetero) is 1. The molecular formula is C17H19NO6. The van der Waals surface area contributed by atoms with Gasteiger partial charge in [0.1, 0.15) is 17.9 Å². The summed E-state index contributed by atoms with van der Waals surface area (Å²) in [5.41, 5.74) is 0.340. The fourth-order valence-electron chi connectivity index (χ4n) is 2.70. The third-order valence-electron chi connectivity index (χ3n) is 3.98. The molecule has 1 aromatic rings. The molecule has 3 N–H and O–H groups in total. The summed E-state index contributed by atoms with van der Waals surface area (Å²) in [6, 6.07) is 5.12. The lowest BCUT2D eigenvalue weighted by Crippen LogP contribution is -2.42. The summed E-state index contributed by atoms with van der Waals surface area (Å²) < 4.78 is 5.08. The zero-order valence-electron chi connectivity index (χ0n) is 13.7. The average Bonchev–Trinajstić information content (AvgIpc) is 2.52. The number of benzene rings is 1. The average molecular weight is 333 g/mol. The van der Waals surface area contributed by atoms with Crippen LogP contribution in [-0.4, -0.2) is 41.5 Å². The maximum Gasteiger partial charge on any atom is 0.322 e. The minimum absolute atomic E-state index is 0.355. The van der Waals surface area contributed by atoms with Crippen molar-refractivity contribution in [1.29, 1.82) is 0 Å². The molecule has 0 unspecified atom stereocenters. The second-order valence-electron chi connectivity index (χ2n) is 6.07. The molecule has 0 aliphatic heterocycles. The van der Waals surface area contributed by atoms with Crippen LogP contribution in [0, 0.1) is 0 Å². The molecule has 24 heavy (non-hydrogen) atoms. The Hall–Kier alpha value is -2.67. The number of hydrogen-bond donors (Lipinski definition) is 3. The number of amides is 1. The molecule has 0 bridgehead atoms. The van der Waals surface area contributed by atoms with E-state index in [1.165, 1.54) is 0 Å². The first-order valence-corrected chi connectivity index (χ1v) is 7.31. The van der Waals surface area contributed by atoms with Crippen LogP contribution in [0.5, 0.6) is 0 Å². The quantitative estimate of drug-likeness (QED) is 0.697. The molecule has 1 aliphatic carbocycles. The fraction of sp³-hybridized carbons (Fsp3) is 0.353. The highest BCUT2D eigenvalue weighted by molar-refractivity contribution is 6.28. The number of carbonyl (C=O) groups excluding carboxylic acids is 2. The number of ether oxygens (including phenoxy) is 1. The lowest BCUT2D eigenvalue weighted by molar-refractivity contribution is -0.138. The number of carboxylic acid groups (broad SMARTS) is 1. The van der Waals surface area contributed by atoms with Crippen molar-refractivity contribution in [2.75, 3.05) is 13.7 Å². The van der Waals surface area contributed by atoms with E-state index in [0.29, 0.717) is 17.7 Å². The van der Waals surface area contributed by atoms with E-state index in [-0.39, 0.29) is 0 Å². The lowest BCUT2D eigenvalue weighted by atomic mass is 9.70. The Morgan fingerprint density at radius 2 is 1.96 bits per heavy atom. The number of methoxy groups -OCH3 is 1. The predicted molar refractivity (Wildman–Crippen MR) is 85.4 cm³/mol. The molecule has 2 rings (SSSR count). The zero-order valence-corrected chi connectivity index (χ0v) is 13.7. The molecule has 0 heterocycles. The number of carboxylic acids is 1. The van der Waals surface area contributed by atoms with Gasteiger partial charge < -0.3 is 20.3 Å². The van der Waals surface area contributed by atoms with Crippen LogP contribution in [0.2, 0.25) is 0 Å². The van der Waals surface area contributed by atoms with Crippen molar-refractivity contribution in [2.45, 2.75) is 25.9 Å². The highest BCUT2D eigenvalue weighted by Crippen LogP contribution is 2.39. The number of hydrogen-bond acceptors (Lipinski definition) is 5. The van der Waals surface area contributed by atoms with Gasteiger partial charge in [-0.05, 0) is 25.0 Å². The van der Waals surface area contributed by atoms with Gasteiger partial charge in [0.15, 0.2) is 5.78 Å². The predicted octanol–water partition coefficient (Wildman–Crippen LogP) is 1.16. The third kappa shape index (κ3) is 3.03. The molecule has 1 aromatic carbocycles. The van der Waals surface area contributed by atoms with Crippen molar-refractivity contribution < 1.29 is 29.3 Å². The van der Waals surface area contributed by atoms with Crippen LogP contribution in [0.4, 0.5) is 0 Å². The lowest BCUT2D eigenvalue weighted by Gasteiger charge is -2.32. The summed E-state index contributed by atoms with van der Waals surface area (Å²) >= 11 is 0. The molecule has 0 saturated heterocycles. The topological polar surface area (TPSA) is 113 Å². The molecule has 128 valence electrons. The van der Waals surface area contributed by atoms with Gasteiger partial charge in [-0.1, -0.05) is 18.2 Å². The molecular weight excluding hydrogens is 314 g/mol. The Kier molecular flexibility index (Phi) is 4.75. The summed E-state index contributed by atoms with van der Waals surface area (Å²) in [5, 5.41) is 21.2. The molecule has 0 radical (unpaired) electrons. The van der Waals surface area contributed by atoms with Crippen LogP contribution >= 0.6 is 0 Å². The molecule has 0 aromatic heterocycles. The van der Waals surface area contributed by atoms with E-state index in [1.54, 1.807) is 39.2 Å². The molecule has 7 nitrogen and oxygen atoms in total. The number of aliphatic carboxylic acids is 1. The summed E-state index contributed by atoms with van der Waals surface area (Å²) in [6.07, 6.45) is 0. The minimum atomic E-state index is -1.24. The van der Waals surface area contributed by atoms with Crippen LogP contribution in [0.15, 0.2) is 23.8 Å². The molecule has 7 heteroatoms. The van der Waals surface area contributed by atoms with Gasteiger partial charge in [-0.15, -0.1) is 0 Å². The second kappa shape index (κ2) is 6.45. The maximum atomic E-state index is 12.7. The monoisotopic (exact) mass is 333 g/mol. The van der Waals surface area contributed by atoms with Gasteiger partial charge in [-0.25, -0.2) is 0 Å². The number of aliphatic hydroxyl groups excluding tert-OH is 1. The Bertz CT molecular complexity index is 747. The molecule has 0 saturated carbocycles. The SMILES string of the molecule is COCc1ccc2c(c1)C(C)(C)C(=O)C(C(=O)NCC(=O)O)=C2O. The summed E-state index contributed by atoms with van der Waals surface area (Å²) in [6.45, 7) is 3.03. The Balaban J connectivity index is 2.53. The van der Waals surface area contributed by atoms with E-state index >= 15 is 0 Å². The molecule has 1 amide bonds. The first kappa shape index (κ1) is 17.7. The van der Waals surface area contributed by atoms with Crippen LogP contribution < -0.4 is 5.32 Å². The van der Waals surface area contributed by atoms with Crippen molar-refractivity contribution in [2.24, 2.45) is 0 Å². The van der Waals surface area contributed by atoms with E-state index in [2.05, 4.69) is 5.32 Å². The minimum Gasteiger partial charge on any atom is -0.506 e. The molecule has 0 spiro atoms. The first-order valence-electron chi connectivity index (χ1n) is 7.31. The van der Waals surface area contributed by atoms with Crippen molar-refractivity contribution >= 4 is 23.4 Å². The van der Waals surface area contributed by atoms with E-state index < -0.39 is 41.0 Å². The second-order valence-corrected chi connectivity index (χ2v) is 6.07. The van der Waals surface area contributed by atoms with E-state index in [9.17, 15) is 19.5 Å². The fourth-order valence-corrected chi connectivity index (χ4v) is 2.70. The Morgan fingerprint density at radius 3 is 2.54 bits per heavy atom.